The predicted molar refractivity (Wildman–Crippen MR) is 128 cm³/mol. The first-order valence-corrected chi connectivity index (χ1v) is 10.7. The van der Waals surface area contributed by atoms with Gasteiger partial charge in [0.15, 0.2) is 0 Å². The molecule has 150 valence electrons. The van der Waals surface area contributed by atoms with Crippen molar-refractivity contribution in [3.8, 4) is 0 Å². The summed E-state index contributed by atoms with van der Waals surface area (Å²) in [5.41, 5.74) is 1.53. The van der Waals surface area contributed by atoms with Crippen LogP contribution in [0.3, 0.4) is 0 Å². The van der Waals surface area contributed by atoms with Crippen molar-refractivity contribution >= 4 is 56.0 Å². The van der Waals surface area contributed by atoms with Crippen LogP contribution >= 0.6 is 22.6 Å². The third-order valence-corrected chi connectivity index (χ3v) is 5.79. The van der Waals surface area contributed by atoms with Gasteiger partial charge in [0.05, 0.1) is 12.7 Å². The monoisotopic (exact) mass is 509 g/mol. The average molecular weight is 509 g/mol. The number of carbonyl (C=O) groups excluding carboxylic acids is 2. The summed E-state index contributed by atoms with van der Waals surface area (Å²) in [5, 5.41) is 6.59. The Labute approximate surface area is 188 Å². The number of esters is 1. The van der Waals surface area contributed by atoms with Crippen LogP contribution in [0.4, 0.5) is 0 Å². The molecule has 0 radical (unpaired) electrons. The fourth-order valence-electron chi connectivity index (χ4n) is 3.72. The lowest BCUT2D eigenvalue weighted by atomic mass is 9.96. The number of fused-ring (bicyclic) bond motifs is 2. The number of benzene rings is 4. The predicted octanol–water partition coefficient (Wildman–Crippen LogP) is 5.11. The lowest BCUT2D eigenvalue weighted by Crippen LogP contribution is -2.43. The Balaban J connectivity index is 1.75. The van der Waals surface area contributed by atoms with Crippen LogP contribution in [0.15, 0.2) is 78.9 Å². The second-order valence-electron chi connectivity index (χ2n) is 7.08. The third kappa shape index (κ3) is 4.16. The zero-order chi connectivity index (χ0) is 21.1. The summed E-state index contributed by atoms with van der Waals surface area (Å²) in [4.78, 5) is 25.9. The molecule has 0 aliphatic heterocycles. The molecule has 4 nitrogen and oxygen atoms in total. The lowest BCUT2D eigenvalue weighted by Gasteiger charge is -2.18. The van der Waals surface area contributed by atoms with Crippen LogP contribution in [-0.2, 0) is 16.0 Å². The number of ether oxygens (including phenoxy) is 1. The molecule has 4 aromatic carbocycles. The van der Waals surface area contributed by atoms with E-state index < -0.39 is 12.0 Å². The highest BCUT2D eigenvalue weighted by Crippen LogP contribution is 2.28. The van der Waals surface area contributed by atoms with Gasteiger partial charge in [-0.05, 0) is 67.9 Å². The Bertz CT molecular complexity index is 1200. The number of halogens is 1. The molecule has 0 aliphatic rings. The zero-order valence-electron chi connectivity index (χ0n) is 16.4. The zero-order valence-corrected chi connectivity index (χ0v) is 18.6. The molecule has 0 spiro atoms. The van der Waals surface area contributed by atoms with Gasteiger partial charge in [0.25, 0.3) is 5.91 Å². The molecule has 1 atom stereocenters. The van der Waals surface area contributed by atoms with Crippen LogP contribution in [0.2, 0.25) is 0 Å². The molecule has 0 aliphatic carbocycles. The van der Waals surface area contributed by atoms with Crippen molar-refractivity contribution in [2.75, 3.05) is 7.11 Å². The summed E-state index contributed by atoms with van der Waals surface area (Å²) in [6.45, 7) is 0. The summed E-state index contributed by atoms with van der Waals surface area (Å²) >= 11 is 2.23. The summed E-state index contributed by atoms with van der Waals surface area (Å²) in [6, 6.07) is 24.7. The van der Waals surface area contributed by atoms with Gasteiger partial charge in [-0.25, -0.2) is 4.79 Å². The maximum atomic E-state index is 13.4. The second-order valence-corrected chi connectivity index (χ2v) is 8.32. The van der Waals surface area contributed by atoms with Gasteiger partial charge >= 0.3 is 5.97 Å². The van der Waals surface area contributed by atoms with Crippen LogP contribution in [-0.4, -0.2) is 25.0 Å². The highest BCUT2D eigenvalue weighted by molar-refractivity contribution is 14.1. The molecule has 0 aromatic heterocycles. The van der Waals surface area contributed by atoms with E-state index in [0.717, 1.165) is 30.7 Å². The van der Waals surface area contributed by atoms with E-state index in [4.69, 9.17) is 4.74 Å². The molecule has 0 unspecified atom stereocenters. The van der Waals surface area contributed by atoms with E-state index >= 15 is 0 Å². The largest absolute Gasteiger partial charge is 0.467 e. The van der Waals surface area contributed by atoms with Crippen molar-refractivity contribution in [3.63, 3.8) is 0 Å². The van der Waals surface area contributed by atoms with E-state index in [0.29, 0.717) is 12.0 Å². The first-order valence-electron chi connectivity index (χ1n) is 9.60. The summed E-state index contributed by atoms with van der Waals surface area (Å²) in [5.74, 6) is -0.754. The van der Waals surface area contributed by atoms with Crippen LogP contribution in [0.1, 0.15) is 15.9 Å². The lowest BCUT2D eigenvalue weighted by molar-refractivity contribution is -0.142. The molecule has 0 bridgehead atoms. The van der Waals surface area contributed by atoms with Gasteiger partial charge in [0.1, 0.15) is 6.04 Å². The smallest absolute Gasteiger partial charge is 0.328 e. The van der Waals surface area contributed by atoms with E-state index in [1.165, 1.54) is 7.11 Å². The average Bonchev–Trinajstić information content (AvgIpc) is 2.76. The molecule has 5 heteroatoms. The topological polar surface area (TPSA) is 55.4 Å². The molecule has 0 heterocycles. The molecule has 0 fully saturated rings. The molecule has 4 rings (SSSR count). The first kappa shape index (κ1) is 20.3. The van der Waals surface area contributed by atoms with Gasteiger partial charge in [0.2, 0.25) is 0 Å². The van der Waals surface area contributed by atoms with Crippen molar-refractivity contribution in [1.29, 1.82) is 0 Å². The number of hydrogen-bond donors (Lipinski definition) is 1. The number of hydrogen-bond acceptors (Lipinski definition) is 3. The van der Waals surface area contributed by atoms with Crippen molar-refractivity contribution in [2.45, 2.75) is 12.5 Å². The minimum Gasteiger partial charge on any atom is -0.467 e. The fourth-order valence-corrected chi connectivity index (χ4v) is 4.33. The molecule has 1 amide bonds. The number of amides is 1. The minimum absolute atomic E-state index is 0.288. The third-order valence-electron chi connectivity index (χ3n) is 5.12. The summed E-state index contributed by atoms with van der Waals surface area (Å²) in [7, 11) is 1.34. The number of methoxy groups -OCH3 is 1. The molecule has 4 aromatic rings. The molecular weight excluding hydrogens is 489 g/mol. The Morgan fingerprint density at radius 2 is 1.53 bits per heavy atom. The standard InChI is InChI=1S/C25H20INO3/c1-30-25(29)22(14-16-7-6-10-19(26)13-16)27-24(28)23-20-11-4-2-8-17(20)15-18-9-3-5-12-21(18)23/h2-13,15,22H,14H2,1H3,(H,27,28)/t22-/m1/s1. The van der Waals surface area contributed by atoms with E-state index in [9.17, 15) is 9.59 Å². The van der Waals surface area contributed by atoms with Gasteiger partial charge in [0, 0.05) is 9.99 Å². The van der Waals surface area contributed by atoms with E-state index in [2.05, 4.69) is 34.0 Å². The first-order chi connectivity index (χ1) is 14.6. The molecular formula is C25H20INO3. The van der Waals surface area contributed by atoms with Crippen LogP contribution in [0.5, 0.6) is 0 Å². The molecule has 1 N–H and O–H groups in total. The highest BCUT2D eigenvalue weighted by atomic mass is 127. The van der Waals surface area contributed by atoms with Gasteiger partial charge in [-0.15, -0.1) is 0 Å². The van der Waals surface area contributed by atoms with Gasteiger partial charge in [-0.1, -0.05) is 60.7 Å². The normalized spacial score (nSPS) is 11.9. The van der Waals surface area contributed by atoms with Crippen molar-refractivity contribution in [2.24, 2.45) is 0 Å². The Hall–Kier alpha value is -2.93. The maximum absolute atomic E-state index is 13.4. The Morgan fingerprint density at radius 3 is 2.13 bits per heavy atom. The fraction of sp³-hybridized carbons (Fsp3) is 0.120. The summed E-state index contributed by atoms with van der Waals surface area (Å²) < 4.78 is 6.04. The van der Waals surface area contributed by atoms with Crippen molar-refractivity contribution in [3.05, 3.63) is 93.6 Å². The van der Waals surface area contributed by atoms with E-state index in [1.807, 2.05) is 72.8 Å². The molecule has 30 heavy (non-hydrogen) atoms. The SMILES string of the molecule is COC(=O)[C@@H](Cc1cccc(I)c1)NC(=O)c1c2ccccc2cc2ccccc12. The number of carbonyl (C=O) groups is 2. The highest BCUT2D eigenvalue weighted by Gasteiger charge is 2.24. The second kappa shape index (κ2) is 8.83. The van der Waals surface area contributed by atoms with Gasteiger partial charge in [-0.2, -0.15) is 0 Å². The summed E-state index contributed by atoms with van der Waals surface area (Å²) in [6.07, 6.45) is 0.359. The Morgan fingerprint density at radius 1 is 0.900 bits per heavy atom. The van der Waals surface area contributed by atoms with Gasteiger partial charge in [-0.3, -0.25) is 4.79 Å². The van der Waals surface area contributed by atoms with Crippen molar-refractivity contribution in [1.82, 2.24) is 5.32 Å². The Kier molecular flexibility index (Phi) is 5.99. The van der Waals surface area contributed by atoms with Crippen LogP contribution < -0.4 is 5.32 Å². The van der Waals surface area contributed by atoms with Crippen LogP contribution in [0, 0.1) is 3.57 Å². The van der Waals surface area contributed by atoms with Gasteiger partial charge < -0.3 is 10.1 Å². The quantitative estimate of drug-likeness (QED) is 0.231. The van der Waals surface area contributed by atoms with Crippen molar-refractivity contribution < 1.29 is 14.3 Å². The van der Waals surface area contributed by atoms with E-state index in [-0.39, 0.29) is 5.91 Å². The van der Waals surface area contributed by atoms with Crippen LogP contribution in [0.25, 0.3) is 21.5 Å². The maximum Gasteiger partial charge on any atom is 0.328 e. The van der Waals surface area contributed by atoms with E-state index in [1.54, 1.807) is 0 Å². The molecule has 0 saturated carbocycles. The minimum atomic E-state index is -0.779. The number of rotatable bonds is 5. The molecule has 0 saturated heterocycles. The number of nitrogens with one attached hydrogen (secondary N) is 1.